The van der Waals surface area contributed by atoms with Crippen LogP contribution in [0.4, 0.5) is 0 Å². The van der Waals surface area contributed by atoms with Gasteiger partial charge in [0.25, 0.3) is 0 Å². The molecule has 2 N–H and O–H groups in total. The Bertz CT molecular complexity index is 417. The third-order valence-corrected chi connectivity index (χ3v) is 3.23. The summed E-state index contributed by atoms with van der Waals surface area (Å²) < 4.78 is 2.23. The van der Waals surface area contributed by atoms with Crippen LogP contribution in [0.2, 0.25) is 0 Å². The van der Waals surface area contributed by atoms with E-state index in [9.17, 15) is 4.79 Å². The Morgan fingerprint density at radius 2 is 2.28 bits per heavy atom. The van der Waals surface area contributed by atoms with Gasteiger partial charge in [-0.25, -0.2) is 0 Å². The Morgan fingerprint density at radius 3 is 2.89 bits per heavy atom. The second-order valence-corrected chi connectivity index (χ2v) is 6.06. The fourth-order valence-electron chi connectivity index (χ4n) is 2.20. The number of nitrogens with one attached hydrogen (secondary N) is 2. The maximum atomic E-state index is 11.2. The molecule has 0 aromatic carbocycles. The van der Waals surface area contributed by atoms with Crippen molar-refractivity contribution in [1.82, 2.24) is 15.2 Å². The molecular weight excluding hydrogens is 226 g/mol. The molecule has 100 valence electrons. The zero-order valence-electron chi connectivity index (χ0n) is 11.5. The SMILES string of the molecule is CC(C)(C)NCc1cccn1CC1CCC(=O)N1. The highest BCUT2D eigenvalue weighted by atomic mass is 16.1. The van der Waals surface area contributed by atoms with Gasteiger partial charge in [-0.15, -0.1) is 0 Å². The van der Waals surface area contributed by atoms with Gasteiger partial charge in [-0.2, -0.15) is 0 Å². The monoisotopic (exact) mass is 249 g/mol. The molecule has 1 aliphatic heterocycles. The topological polar surface area (TPSA) is 46.1 Å². The number of amides is 1. The fourth-order valence-corrected chi connectivity index (χ4v) is 2.20. The quantitative estimate of drug-likeness (QED) is 0.852. The molecule has 0 aliphatic carbocycles. The number of hydrogen-bond acceptors (Lipinski definition) is 2. The molecule has 0 saturated carbocycles. The van der Waals surface area contributed by atoms with E-state index >= 15 is 0 Å². The van der Waals surface area contributed by atoms with Gasteiger partial charge < -0.3 is 15.2 Å². The molecule has 0 radical (unpaired) electrons. The maximum absolute atomic E-state index is 11.2. The van der Waals surface area contributed by atoms with Crippen molar-refractivity contribution < 1.29 is 4.79 Å². The van der Waals surface area contributed by atoms with E-state index in [4.69, 9.17) is 0 Å². The third kappa shape index (κ3) is 3.60. The van der Waals surface area contributed by atoms with Gasteiger partial charge in [0.1, 0.15) is 0 Å². The normalized spacial score (nSPS) is 20.2. The molecule has 1 aromatic rings. The summed E-state index contributed by atoms with van der Waals surface area (Å²) in [5.74, 6) is 0.182. The molecule has 1 fully saturated rings. The zero-order valence-corrected chi connectivity index (χ0v) is 11.5. The van der Waals surface area contributed by atoms with Gasteiger partial charge in [-0.1, -0.05) is 0 Å². The number of nitrogens with zero attached hydrogens (tertiary/aromatic N) is 1. The van der Waals surface area contributed by atoms with E-state index in [0.29, 0.717) is 12.5 Å². The summed E-state index contributed by atoms with van der Waals surface area (Å²) in [4.78, 5) is 11.2. The molecule has 2 rings (SSSR count). The van der Waals surface area contributed by atoms with Crippen LogP contribution in [0.1, 0.15) is 39.3 Å². The zero-order chi connectivity index (χ0) is 13.2. The van der Waals surface area contributed by atoms with Crippen LogP contribution >= 0.6 is 0 Å². The van der Waals surface area contributed by atoms with Crippen LogP contribution in [0.15, 0.2) is 18.3 Å². The summed E-state index contributed by atoms with van der Waals surface area (Å²) in [6, 6.07) is 4.49. The standard InChI is InChI=1S/C14H23N3O/c1-14(2,3)15-9-12-5-4-8-17(12)10-11-6-7-13(18)16-11/h4-5,8,11,15H,6-7,9-10H2,1-3H3,(H,16,18). The van der Waals surface area contributed by atoms with Crippen molar-refractivity contribution in [2.75, 3.05) is 0 Å². The average molecular weight is 249 g/mol. The van der Waals surface area contributed by atoms with Crippen LogP contribution in [-0.2, 0) is 17.9 Å². The maximum Gasteiger partial charge on any atom is 0.220 e. The van der Waals surface area contributed by atoms with E-state index in [1.54, 1.807) is 0 Å². The largest absolute Gasteiger partial charge is 0.352 e. The Kier molecular flexibility index (Phi) is 3.76. The highest BCUT2D eigenvalue weighted by Gasteiger charge is 2.21. The first kappa shape index (κ1) is 13.1. The van der Waals surface area contributed by atoms with Gasteiger partial charge in [0.15, 0.2) is 0 Å². The van der Waals surface area contributed by atoms with E-state index < -0.39 is 0 Å². The van der Waals surface area contributed by atoms with E-state index in [1.165, 1.54) is 5.69 Å². The van der Waals surface area contributed by atoms with Crippen molar-refractivity contribution >= 4 is 5.91 Å². The van der Waals surface area contributed by atoms with Crippen molar-refractivity contribution in [3.05, 3.63) is 24.0 Å². The first-order chi connectivity index (χ1) is 8.44. The lowest BCUT2D eigenvalue weighted by atomic mass is 10.1. The Hall–Kier alpha value is -1.29. The van der Waals surface area contributed by atoms with Crippen LogP contribution < -0.4 is 10.6 Å². The second kappa shape index (κ2) is 5.14. The first-order valence-electron chi connectivity index (χ1n) is 6.62. The van der Waals surface area contributed by atoms with Crippen LogP contribution in [0, 0.1) is 0 Å². The summed E-state index contributed by atoms with van der Waals surface area (Å²) >= 11 is 0. The summed E-state index contributed by atoms with van der Waals surface area (Å²) in [6.07, 6.45) is 3.70. The van der Waals surface area contributed by atoms with Gasteiger partial charge in [-0.05, 0) is 39.3 Å². The van der Waals surface area contributed by atoms with E-state index in [2.05, 4.69) is 54.3 Å². The molecule has 1 unspecified atom stereocenters. The third-order valence-electron chi connectivity index (χ3n) is 3.23. The highest BCUT2D eigenvalue weighted by molar-refractivity contribution is 5.78. The molecule has 0 spiro atoms. The number of hydrogen-bond donors (Lipinski definition) is 2. The molecule has 0 bridgehead atoms. The number of carbonyl (C=O) groups is 1. The van der Waals surface area contributed by atoms with Crippen LogP contribution in [0.5, 0.6) is 0 Å². The van der Waals surface area contributed by atoms with E-state index in [1.807, 2.05) is 0 Å². The van der Waals surface area contributed by atoms with Gasteiger partial charge in [0.05, 0.1) is 0 Å². The smallest absolute Gasteiger partial charge is 0.220 e. The fraction of sp³-hybridized carbons (Fsp3) is 0.643. The molecule has 1 amide bonds. The summed E-state index contributed by atoms with van der Waals surface area (Å²) in [5.41, 5.74) is 1.39. The number of rotatable bonds is 4. The Morgan fingerprint density at radius 1 is 1.50 bits per heavy atom. The van der Waals surface area contributed by atoms with Crippen molar-refractivity contribution in [1.29, 1.82) is 0 Å². The molecule has 1 aromatic heterocycles. The first-order valence-corrected chi connectivity index (χ1v) is 6.62. The van der Waals surface area contributed by atoms with Gasteiger partial charge in [-0.3, -0.25) is 4.79 Å². The molecule has 18 heavy (non-hydrogen) atoms. The molecule has 4 nitrogen and oxygen atoms in total. The molecule has 1 atom stereocenters. The molecule has 1 aliphatic rings. The highest BCUT2D eigenvalue weighted by Crippen LogP contribution is 2.12. The van der Waals surface area contributed by atoms with Crippen LogP contribution in [0.3, 0.4) is 0 Å². The van der Waals surface area contributed by atoms with Gasteiger partial charge in [0, 0.05) is 43.0 Å². The van der Waals surface area contributed by atoms with E-state index in [-0.39, 0.29) is 11.4 Å². The van der Waals surface area contributed by atoms with E-state index in [0.717, 1.165) is 19.5 Å². The molecular formula is C14H23N3O. The number of aromatic nitrogens is 1. The Balaban J connectivity index is 1.93. The van der Waals surface area contributed by atoms with Crippen molar-refractivity contribution in [3.8, 4) is 0 Å². The lowest BCUT2D eigenvalue weighted by molar-refractivity contribution is -0.119. The lowest BCUT2D eigenvalue weighted by Gasteiger charge is -2.22. The second-order valence-electron chi connectivity index (χ2n) is 6.06. The minimum atomic E-state index is 0.122. The van der Waals surface area contributed by atoms with Crippen molar-refractivity contribution in [2.45, 2.75) is 58.3 Å². The van der Waals surface area contributed by atoms with Crippen LogP contribution in [-0.4, -0.2) is 22.1 Å². The lowest BCUT2D eigenvalue weighted by Crippen LogP contribution is -2.36. The molecule has 1 saturated heterocycles. The molecule has 2 heterocycles. The van der Waals surface area contributed by atoms with Crippen molar-refractivity contribution in [2.24, 2.45) is 0 Å². The summed E-state index contributed by atoms with van der Waals surface area (Å²) in [7, 11) is 0. The predicted octanol–water partition coefficient (Wildman–Crippen LogP) is 1.65. The summed E-state index contributed by atoms with van der Waals surface area (Å²) in [5, 5.41) is 6.50. The Labute approximate surface area is 109 Å². The summed E-state index contributed by atoms with van der Waals surface area (Å²) in [6.45, 7) is 8.23. The van der Waals surface area contributed by atoms with Gasteiger partial charge >= 0.3 is 0 Å². The molecule has 4 heteroatoms. The number of carbonyl (C=O) groups excluding carboxylic acids is 1. The van der Waals surface area contributed by atoms with Crippen molar-refractivity contribution in [3.63, 3.8) is 0 Å². The predicted molar refractivity (Wildman–Crippen MR) is 72.2 cm³/mol. The average Bonchev–Trinajstić information content (AvgIpc) is 2.85. The van der Waals surface area contributed by atoms with Crippen LogP contribution in [0.25, 0.3) is 0 Å². The van der Waals surface area contributed by atoms with Gasteiger partial charge in [0.2, 0.25) is 5.91 Å². The minimum Gasteiger partial charge on any atom is -0.352 e. The minimum absolute atomic E-state index is 0.122.